The van der Waals surface area contributed by atoms with E-state index in [1.54, 1.807) is 13.0 Å². The fourth-order valence-electron chi connectivity index (χ4n) is 1.26. The molecule has 1 unspecified atom stereocenters. The van der Waals surface area contributed by atoms with E-state index >= 15 is 0 Å². The molecule has 5 heteroatoms. The summed E-state index contributed by atoms with van der Waals surface area (Å²) >= 11 is 0. The summed E-state index contributed by atoms with van der Waals surface area (Å²) < 4.78 is 5.39. The third kappa shape index (κ3) is 4.74. The maximum absolute atomic E-state index is 11.0. The van der Waals surface area contributed by atoms with E-state index in [1.165, 1.54) is 19.1 Å². The van der Waals surface area contributed by atoms with Crippen LogP contribution >= 0.6 is 0 Å². The van der Waals surface area contributed by atoms with Crippen molar-refractivity contribution in [1.29, 1.82) is 0 Å². The van der Waals surface area contributed by atoms with Crippen LogP contribution in [0.2, 0.25) is 0 Å². The molecule has 3 N–H and O–H groups in total. The molecule has 17 heavy (non-hydrogen) atoms. The topological polar surface area (TPSA) is 78.8 Å². The van der Waals surface area contributed by atoms with Gasteiger partial charge in [-0.25, -0.2) is 0 Å². The van der Waals surface area contributed by atoms with E-state index in [1.807, 2.05) is 0 Å². The molecule has 0 radical (unpaired) electrons. The molecule has 0 aromatic heterocycles. The standard InChI is InChI=1S/C12H17NO4/c1-8(14)5-6-17-12-7-10(16)3-4-11(12)13-9(2)15/h3-4,7-8,14,16H,5-6H2,1-2H3,(H,13,15). The van der Waals surface area contributed by atoms with Crippen LogP contribution in [0.3, 0.4) is 0 Å². The number of hydrogen-bond acceptors (Lipinski definition) is 4. The summed E-state index contributed by atoms with van der Waals surface area (Å²) in [5.41, 5.74) is 0.501. The molecular weight excluding hydrogens is 222 g/mol. The van der Waals surface area contributed by atoms with Crippen LogP contribution in [0.1, 0.15) is 20.3 Å². The fourth-order valence-corrected chi connectivity index (χ4v) is 1.26. The monoisotopic (exact) mass is 239 g/mol. The molecule has 0 fully saturated rings. The van der Waals surface area contributed by atoms with E-state index in [0.717, 1.165) is 0 Å². The summed E-state index contributed by atoms with van der Waals surface area (Å²) in [4.78, 5) is 11.0. The average Bonchev–Trinajstić information content (AvgIpc) is 2.21. The molecular formula is C12H17NO4. The molecule has 1 amide bonds. The Kier molecular flexibility index (Phi) is 4.78. The van der Waals surface area contributed by atoms with Crippen molar-refractivity contribution < 1.29 is 19.7 Å². The van der Waals surface area contributed by atoms with Crippen LogP contribution in [-0.4, -0.2) is 28.8 Å². The van der Waals surface area contributed by atoms with E-state index in [0.29, 0.717) is 24.5 Å². The first-order chi connectivity index (χ1) is 7.99. The molecule has 0 saturated heterocycles. The Morgan fingerprint density at radius 1 is 1.53 bits per heavy atom. The summed E-state index contributed by atoms with van der Waals surface area (Å²) in [7, 11) is 0. The first-order valence-electron chi connectivity index (χ1n) is 5.40. The lowest BCUT2D eigenvalue weighted by Crippen LogP contribution is -2.10. The molecule has 94 valence electrons. The molecule has 0 aliphatic carbocycles. The van der Waals surface area contributed by atoms with Crippen LogP contribution < -0.4 is 10.1 Å². The zero-order valence-corrected chi connectivity index (χ0v) is 9.93. The number of aliphatic hydroxyl groups excluding tert-OH is 1. The van der Waals surface area contributed by atoms with Gasteiger partial charge in [0.2, 0.25) is 5.91 Å². The van der Waals surface area contributed by atoms with Gasteiger partial charge < -0.3 is 20.3 Å². The van der Waals surface area contributed by atoms with Gasteiger partial charge in [-0.1, -0.05) is 0 Å². The number of amides is 1. The number of benzene rings is 1. The highest BCUT2D eigenvalue weighted by Gasteiger charge is 2.07. The van der Waals surface area contributed by atoms with Gasteiger partial charge in [-0.2, -0.15) is 0 Å². The van der Waals surface area contributed by atoms with Gasteiger partial charge in [0.25, 0.3) is 0 Å². The minimum Gasteiger partial charge on any atom is -0.508 e. The molecule has 0 heterocycles. The largest absolute Gasteiger partial charge is 0.508 e. The van der Waals surface area contributed by atoms with Crippen molar-refractivity contribution in [2.75, 3.05) is 11.9 Å². The molecule has 1 atom stereocenters. The smallest absolute Gasteiger partial charge is 0.221 e. The molecule has 1 aromatic rings. The molecule has 0 spiro atoms. The number of rotatable bonds is 5. The normalized spacial score (nSPS) is 11.9. The summed E-state index contributed by atoms with van der Waals surface area (Å²) in [5, 5.41) is 21.0. The number of anilines is 1. The van der Waals surface area contributed by atoms with E-state index in [9.17, 15) is 9.90 Å². The molecule has 5 nitrogen and oxygen atoms in total. The van der Waals surface area contributed by atoms with Gasteiger partial charge in [0.15, 0.2) is 0 Å². The number of nitrogens with one attached hydrogen (secondary N) is 1. The van der Waals surface area contributed by atoms with Crippen LogP contribution in [0, 0.1) is 0 Å². The summed E-state index contributed by atoms with van der Waals surface area (Å²) in [6, 6.07) is 4.45. The van der Waals surface area contributed by atoms with E-state index in [2.05, 4.69) is 5.32 Å². The van der Waals surface area contributed by atoms with Gasteiger partial charge >= 0.3 is 0 Å². The zero-order chi connectivity index (χ0) is 12.8. The Morgan fingerprint density at radius 2 is 2.24 bits per heavy atom. The number of hydrogen-bond donors (Lipinski definition) is 3. The van der Waals surface area contributed by atoms with Crippen molar-refractivity contribution in [1.82, 2.24) is 0 Å². The van der Waals surface area contributed by atoms with Crippen molar-refractivity contribution in [2.24, 2.45) is 0 Å². The minimum absolute atomic E-state index is 0.0612. The van der Waals surface area contributed by atoms with Crippen molar-refractivity contribution in [3.8, 4) is 11.5 Å². The van der Waals surface area contributed by atoms with Crippen LogP contribution in [0.4, 0.5) is 5.69 Å². The zero-order valence-electron chi connectivity index (χ0n) is 9.93. The second-order valence-corrected chi connectivity index (χ2v) is 3.85. The Bertz CT molecular complexity index is 390. The lowest BCUT2D eigenvalue weighted by Gasteiger charge is -2.12. The van der Waals surface area contributed by atoms with Crippen LogP contribution in [0.15, 0.2) is 18.2 Å². The minimum atomic E-state index is -0.448. The van der Waals surface area contributed by atoms with Crippen molar-refractivity contribution in [3.63, 3.8) is 0 Å². The Labute approximate surface area is 100 Å². The number of carbonyl (C=O) groups is 1. The maximum atomic E-state index is 11.0. The van der Waals surface area contributed by atoms with Gasteiger partial charge in [0.1, 0.15) is 11.5 Å². The molecule has 0 bridgehead atoms. The number of aromatic hydroxyl groups is 1. The van der Waals surface area contributed by atoms with E-state index in [-0.39, 0.29) is 11.7 Å². The Morgan fingerprint density at radius 3 is 2.82 bits per heavy atom. The van der Waals surface area contributed by atoms with E-state index in [4.69, 9.17) is 9.84 Å². The van der Waals surface area contributed by atoms with Crippen LogP contribution in [0.5, 0.6) is 11.5 Å². The highest BCUT2D eigenvalue weighted by atomic mass is 16.5. The fraction of sp³-hybridized carbons (Fsp3) is 0.417. The van der Waals surface area contributed by atoms with Crippen molar-refractivity contribution in [2.45, 2.75) is 26.4 Å². The van der Waals surface area contributed by atoms with Gasteiger partial charge in [-0.15, -0.1) is 0 Å². The number of phenols is 1. The predicted octanol–water partition coefficient (Wildman–Crippen LogP) is 1.50. The molecule has 1 aromatic carbocycles. The van der Waals surface area contributed by atoms with Crippen LogP contribution in [0.25, 0.3) is 0 Å². The van der Waals surface area contributed by atoms with Gasteiger partial charge in [-0.3, -0.25) is 4.79 Å². The number of ether oxygens (including phenoxy) is 1. The van der Waals surface area contributed by atoms with Crippen molar-refractivity contribution in [3.05, 3.63) is 18.2 Å². The SMILES string of the molecule is CC(=O)Nc1ccc(O)cc1OCCC(C)O. The van der Waals surface area contributed by atoms with Crippen molar-refractivity contribution >= 4 is 11.6 Å². The lowest BCUT2D eigenvalue weighted by atomic mass is 10.2. The lowest BCUT2D eigenvalue weighted by molar-refractivity contribution is -0.114. The first kappa shape index (κ1) is 13.3. The third-order valence-corrected chi connectivity index (χ3v) is 2.07. The average molecular weight is 239 g/mol. The Hall–Kier alpha value is -1.75. The maximum Gasteiger partial charge on any atom is 0.221 e. The second kappa shape index (κ2) is 6.10. The van der Waals surface area contributed by atoms with Gasteiger partial charge in [0.05, 0.1) is 18.4 Å². The molecule has 0 aliphatic heterocycles. The molecule has 0 aliphatic rings. The highest BCUT2D eigenvalue weighted by molar-refractivity contribution is 5.90. The summed E-state index contributed by atoms with van der Waals surface area (Å²) in [6.07, 6.45) is 0.0337. The van der Waals surface area contributed by atoms with Gasteiger partial charge in [-0.05, 0) is 19.1 Å². The number of aliphatic hydroxyl groups is 1. The Balaban J connectivity index is 2.72. The highest BCUT2D eigenvalue weighted by Crippen LogP contribution is 2.28. The van der Waals surface area contributed by atoms with Gasteiger partial charge in [0, 0.05) is 19.4 Å². The number of phenolic OH excluding ortho intramolecular Hbond substituents is 1. The third-order valence-electron chi connectivity index (χ3n) is 2.07. The first-order valence-corrected chi connectivity index (χ1v) is 5.40. The number of carbonyl (C=O) groups excluding carboxylic acids is 1. The van der Waals surface area contributed by atoms with E-state index < -0.39 is 6.10 Å². The predicted molar refractivity (Wildman–Crippen MR) is 64.2 cm³/mol. The second-order valence-electron chi connectivity index (χ2n) is 3.85. The quantitative estimate of drug-likeness (QED) is 0.680. The summed E-state index contributed by atoms with van der Waals surface area (Å²) in [5.74, 6) is 0.239. The molecule has 0 saturated carbocycles. The molecule has 1 rings (SSSR count). The van der Waals surface area contributed by atoms with Crippen LogP contribution in [-0.2, 0) is 4.79 Å². The summed E-state index contributed by atoms with van der Waals surface area (Å²) in [6.45, 7) is 3.38.